The van der Waals surface area contributed by atoms with E-state index in [2.05, 4.69) is 19.9 Å². The normalized spacial score (nSPS) is 20.7. The van der Waals surface area contributed by atoms with Gasteiger partial charge < -0.3 is 19.7 Å². The maximum absolute atomic E-state index is 12.8. The van der Waals surface area contributed by atoms with Gasteiger partial charge in [0.15, 0.2) is 17.3 Å². The van der Waals surface area contributed by atoms with E-state index in [1.807, 2.05) is 19.1 Å². The molecular formula is C25H24O5. The molecule has 1 atom stereocenters. The number of ketones is 1. The molecule has 0 radical (unpaired) electrons. The van der Waals surface area contributed by atoms with Crippen LogP contribution in [-0.4, -0.2) is 21.6 Å². The van der Waals surface area contributed by atoms with Crippen molar-refractivity contribution in [1.82, 2.24) is 0 Å². The van der Waals surface area contributed by atoms with Crippen LogP contribution in [-0.2, 0) is 0 Å². The highest BCUT2D eigenvalue weighted by Crippen LogP contribution is 2.45. The van der Waals surface area contributed by atoms with Crippen LogP contribution in [0.2, 0.25) is 0 Å². The molecule has 5 nitrogen and oxygen atoms in total. The van der Waals surface area contributed by atoms with Gasteiger partial charge >= 0.3 is 0 Å². The topological polar surface area (TPSA) is 76.0 Å². The SMILES string of the molecule is CC(C)=CCCC1(C)C=C(/C=C2\Oc3cc(O)ccc3C2=O)c2cccc(O)c2O1. The molecule has 4 rings (SSSR count). The molecule has 2 aromatic rings. The minimum Gasteiger partial charge on any atom is -0.508 e. The molecule has 0 fully saturated rings. The monoisotopic (exact) mass is 404 g/mol. The Balaban J connectivity index is 1.75. The van der Waals surface area contributed by atoms with E-state index in [4.69, 9.17) is 9.47 Å². The second kappa shape index (κ2) is 7.41. The molecule has 0 aromatic heterocycles. The van der Waals surface area contributed by atoms with E-state index in [1.165, 1.54) is 17.7 Å². The zero-order chi connectivity index (χ0) is 21.5. The van der Waals surface area contributed by atoms with E-state index in [0.717, 1.165) is 12.0 Å². The first-order chi connectivity index (χ1) is 14.3. The van der Waals surface area contributed by atoms with Crippen LogP contribution in [0.15, 0.2) is 66.0 Å². The Hall–Kier alpha value is -3.47. The lowest BCUT2D eigenvalue weighted by Gasteiger charge is -2.34. The lowest BCUT2D eigenvalue weighted by molar-refractivity contribution is 0.101. The first kappa shape index (κ1) is 19.8. The van der Waals surface area contributed by atoms with E-state index >= 15 is 0 Å². The second-order valence-corrected chi connectivity index (χ2v) is 8.11. The summed E-state index contributed by atoms with van der Waals surface area (Å²) in [5.74, 6) is 0.746. The van der Waals surface area contributed by atoms with Gasteiger partial charge in [0.1, 0.15) is 17.1 Å². The standard InChI is InChI=1S/C25H24O5/c1-15(2)6-5-11-25(3)14-16(18-7-4-8-20(27)24(18)30-25)12-22-23(28)19-10-9-17(26)13-21(19)29-22/h4,6-10,12-14,26-27H,5,11H2,1-3H3/b22-12-. The Bertz CT molecular complexity index is 1120. The third kappa shape index (κ3) is 3.71. The summed E-state index contributed by atoms with van der Waals surface area (Å²) < 4.78 is 11.9. The zero-order valence-electron chi connectivity index (χ0n) is 17.2. The number of rotatable bonds is 4. The van der Waals surface area contributed by atoms with Crippen molar-refractivity contribution in [2.24, 2.45) is 0 Å². The Morgan fingerprint density at radius 1 is 1.13 bits per heavy atom. The van der Waals surface area contributed by atoms with Crippen molar-refractivity contribution in [3.05, 3.63) is 77.1 Å². The van der Waals surface area contributed by atoms with Gasteiger partial charge in [0.05, 0.1) is 5.56 Å². The molecule has 154 valence electrons. The van der Waals surface area contributed by atoms with Crippen LogP contribution in [0.25, 0.3) is 5.57 Å². The average Bonchev–Trinajstić information content (AvgIpc) is 2.97. The number of carbonyl (C=O) groups excluding carboxylic acids is 1. The van der Waals surface area contributed by atoms with Crippen molar-refractivity contribution in [3.8, 4) is 23.0 Å². The van der Waals surface area contributed by atoms with E-state index in [-0.39, 0.29) is 23.0 Å². The minimum absolute atomic E-state index is 0.0372. The van der Waals surface area contributed by atoms with Crippen molar-refractivity contribution in [1.29, 1.82) is 0 Å². The van der Waals surface area contributed by atoms with Gasteiger partial charge in [0, 0.05) is 11.6 Å². The van der Waals surface area contributed by atoms with Gasteiger partial charge in [-0.3, -0.25) is 4.79 Å². The number of phenolic OH excluding ortho intramolecular Hbond substituents is 2. The van der Waals surface area contributed by atoms with E-state index in [1.54, 1.807) is 24.3 Å². The van der Waals surface area contributed by atoms with Crippen molar-refractivity contribution >= 4 is 11.4 Å². The number of allylic oxidation sites excluding steroid dienone is 5. The number of carbonyl (C=O) groups is 1. The molecule has 0 bridgehead atoms. The summed E-state index contributed by atoms with van der Waals surface area (Å²) in [6.45, 7) is 6.06. The van der Waals surface area contributed by atoms with Crippen LogP contribution in [0.1, 0.15) is 49.5 Å². The summed E-state index contributed by atoms with van der Waals surface area (Å²) in [5.41, 5.74) is 2.42. The van der Waals surface area contributed by atoms with E-state index in [0.29, 0.717) is 29.0 Å². The molecule has 0 amide bonds. The predicted molar refractivity (Wildman–Crippen MR) is 115 cm³/mol. The highest BCUT2D eigenvalue weighted by Gasteiger charge is 2.33. The van der Waals surface area contributed by atoms with E-state index < -0.39 is 5.60 Å². The molecule has 0 saturated carbocycles. The molecule has 0 aliphatic carbocycles. The van der Waals surface area contributed by atoms with Crippen molar-refractivity contribution in [2.75, 3.05) is 0 Å². The second-order valence-electron chi connectivity index (χ2n) is 8.11. The van der Waals surface area contributed by atoms with Gasteiger partial charge in [-0.25, -0.2) is 0 Å². The number of phenols is 2. The minimum atomic E-state index is -0.656. The van der Waals surface area contributed by atoms with Crippen LogP contribution in [0.3, 0.4) is 0 Å². The van der Waals surface area contributed by atoms with E-state index in [9.17, 15) is 15.0 Å². The summed E-state index contributed by atoms with van der Waals surface area (Å²) >= 11 is 0. The summed E-state index contributed by atoms with van der Waals surface area (Å²) in [7, 11) is 0. The van der Waals surface area contributed by atoms with Gasteiger partial charge in [-0.05, 0) is 69.5 Å². The Kier molecular flexibility index (Phi) is 4.90. The number of hydrogen-bond acceptors (Lipinski definition) is 5. The molecule has 2 aromatic carbocycles. The molecule has 2 aliphatic heterocycles. The Labute approximate surface area is 175 Å². The molecule has 1 unspecified atom stereocenters. The lowest BCUT2D eigenvalue weighted by atomic mass is 9.89. The molecule has 0 spiro atoms. The third-order valence-electron chi connectivity index (χ3n) is 5.23. The number of hydrogen-bond donors (Lipinski definition) is 2. The fourth-order valence-electron chi connectivity index (χ4n) is 3.74. The summed E-state index contributed by atoms with van der Waals surface area (Å²) in [5, 5.41) is 20.1. The lowest BCUT2D eigenvalue weighted by Crippen LogP contribution is -2.32. The number of fused-ring (bicyclic) bond motifs is 2. The van der Waals surface area contributed by atoms with Gasteiger partial charge in [-0.15, -0.1) is 0 Å². The van der Waals surface area contributed by atoms with Crippen LogP contribution < -0.4 is 9.47 Å². The van der Waals surface area contributed by atoms with Crippen molar-refractivity contribution in [3.63, 3.8) is 0 Å². The van der Waals surface area contributed by atoms with Crippen molar-refractivity contribution < 1.29 is 24.5 Å². The molecular weight excluding hydrogens is 380 g/mol. The van der Waals surface area contributed by atoms with Crippen LogP contribution in [0.4, 0.5) is 0 Å². The molecule has 30 heavy (non-hydrogen) atoms. The number of aromatic hydroxyl groups is 2. The van der Waals surface area contributed by atoms with Crippen LogP contribution >= 0.6 is 0 Å². The molecule has 5 heteroatoms. The molecule has 2 heterocycles. The third-order valence-corrected chi connectivity index (χ3v) is 5.23. The fourth-order valence-corrected chi connectivity index (χ4v) is 3.74. The molecule has 0 saturated heterocycles. The van der Waals surface area contributed by atoms with Crippen molar-refractivity contribution in [2.45, 2.75) is 39.2 Å². The smallest absolute Gasteiger partial charge is 0.231 e. The largest absolute Gasteiger partial charge is 0.508 e. The zero-order valence-corrected chi connectivity index (χ0v) is 17.2. The van der Waals surface area contributed by atoms with Gasteiger partial charge in [0.2, 0.25) is 5.78 Å². The quantitative estimate of drug-likeness (QED) is 0.517. The van der Waals surface area contributed by atoms with Gasteiger partial charge in [0.25, 0.3) is 0 Å². The summed E-state index contributed by atoms with van der Waals surface area (Å²) in [6, 6.07) is 9.60. The fraction of sp³-hybridized carbons (Fsp3) is 0.240. The first-order valence-corrected chi connectivity index (χ1v) is 9.91. The molecule has 2 N–H and O–H groups in total. The summed E-state index contributed by atoms with van der Waals surface area (Å²) in [4.78, 5) is 12.8. The first-order valence-electron chi connectivity index (χ1n) is 9.91. The number of Topliss-reactive ketones (excluding diaryl/α,β-unsaturated/α-hetero) is 1. The highest BCUT2D eigenvalue weighted by molar-refractivity contribution is 6.13. The maximum atomic E-state index is 12.8. The predicted octanol–water partition coefficient (Wildman–Crippen LogP) is 5.54. The number of benzene rings is 2. The molecule has 2 aliphatic rings. The highest BCUT2D eigenvalue weighted by atomic mass is 16.5. The maximum Gasteiger partial charge on any atom is 0.231 e. The summed E-state index contributed by atoms with van der Waals surface area (Å²) in [6.07, 6.45) is 7.33. The average molecular weight is 404 g/mol. The number of para-hydroxylation sites is 1. The Morgan fingerprint density at radius 3 is 2.70 bits per heavy atom. The van der Waals surface area contributed by atoms with Crippen LogP contribution in [0.5, 0.6) is 23.0 Å². The van der Waals surface area contributed by atoms with Gasteiger partial charge in [-0.2, -0.15) is 0 Å². The number of ether oxygens (including phenoxy) is 2. The van der Waals surface area contributed by atoms with Crippen LogP contribution in [0, 0.1) is 0 Å². The Morgan fingerprint density at radius 2 is 1.93 bits per heavy atom. The van der Waals surface area contributed by atoms with Gasteiger partial charge in [-0.1, -0.05) is 23.8 Å².